The van der Waals surface area contributed by atoms with Crippen LogP contribution < -0.4 is 4.74 Å². The molecule has 2 aromatic rings. The molecular weight excluding hydrogens is 356 g/mol. The van der Waals surface area contributed by atoms with E-state index in [4.69, 9.17) is 4.74 Å². The number of hydrogen-bond acceptors (Lipinski definition) is 2. The number of halogens is 3. The quantitative estimate of drug-likeness (QED) is 0.802. The average Bonchev–Trinajstić information content (AvgIpc) is 2.50. The van der Waals surface area contributed by atoms with Gasteiger partial charge < -0.3 is 9.64 Å². The molecule has 0 atom stereocenters. The van der Waals surface area contributed by atoms with E-state index in [1.54, 1.807) is 7.05 Å². The SMILES string of the molecule is CN(Cc1ccccc1Br)C(=O)COc1ccc(F)c(F)c1. The topological polar surface area (TPSA) is 29.5 Å². The van der Waals surface area contributed by atoms with Gasteiger partial charge in [-0.05, 0) is 23.8 Å². The van der Waals surface area contributed by atoms with Crippen molar-refractivity contribution in [1.29, 1.82) is 0 Å². The Morgan fingerprint density at radius 1 is 1.18 bits per heavy atom. The van der Waals surface area contributed by atoms with E-state index >= 15 is 0 Å². The van der Waals surface area contributed by atoms with Crippen LogP contribution in [0.25, 0.3) is 0 Å². The molecule has 0 aliphatic rings. The summed E-state index contributed by atoms with van der Waals surface area (Å²) in [5.41, 5.74) is 0.964. The van der Waals surface area contributed by atoms with Gasteiger partial charge in [-0.2, -0.15) is 0 Å². The van der Waals surface area contributed by atoms with Gasteiger partial charge in [-0.3, -0.25) is 4.79 Å². The van der Waals surface area contributed by atoms with E-state index < -0.39 is 11.6 Å². The second kappa shape index (κ2) is 7.35. The van der Waals surface area contributed by atoms with Crippen LogP contribution in [0.3, 0.4) is 0 Å². The van der Waals surface area contributed by atoms with Gasteiger partial charge in [-0.25, -0.2) is 8.78 Å². The summed E-state index contributed by atoms with van der Waals surface area (Å²) in [7, 11) is 1.65. The van der Waals surface area contributed by atoms with Crippen molar-refractivity contribution in [3.8, 4) is 5.75 Å². The second-order valence-electron chi connectivity index (χ2n) is 4.71. The fraction of sp³-hybridized carbons (Fsp3) is 0.188. The third kappa shape index (κ3) is 4.27. The molecule has 0 aromatic heterocycles. The summed E-state index contributed by atoms with van der Waals surface area (Å²) < 4.78 is 31.9. The molecule has 2 rings (SSSR count). The van der Waals surface area contributed by atoms with Crippen molar-refractivity contribution < 1.29 is 18.3 Å². The number of nitrogens with zero attached hydrogens (tertiary/aromatic N) is 1. The number of hydrogen-bond donors (Lipinski definition) is 0. The van der Waals surface area contributed by atoms with E-state index in [0.29, 0.717) is 6.54 Å². The molecule has 0 heterocycles. The summed E-state index contributed by atoms with van der Waals surface area (Å²) in [6.45, 7) is 0.174. The number of likely N-dealkylation sites (N-methyl/N-ethyl adjacent to an activating group) is 1. The third-order valence-corrected chi connectivity index (χ3v) is 3.82. The fourth-order valence-electron chi connectivity index (χ4n) is 1.79. The van der Waals surface area contributed by atoms with E-state index in [-0.39, 0.29) is 18.3 Å². The standard InChI is InChI=1S/C16H14BrF2NO2/c1-20(9-11-4-2-3-5-13(11)17)16(21)10-22-12-6-7-14(18)15(19)8-12/h2-8H,9-10H2,1H3. The number of rotatable bonds is 5. The van der Waals surface area contributed by atoms with Gasteiger partial charge in [0.1, 0.15) is 5.75 Å². The Kier molecular flexibility index (Phi) is 5.49. The van der Waals surface area contributed by atoms with Crippen molar-refractivity contribution in [2.75, 3.05) is 13.7 Å². The van der Waals surface area contributed by atoms with Crippen LogP contribution >= 0.6 is 15.9 Å². The van der Waals surface area contributed by atoms with Crippen molar-refractivity contribution in [2.45, 2.75) is 6.54 Å². The van der Waals surface area contributed by atoms with Gasteiger partial charge >= 0.3 is 0 Å². The minimum atomic E-state index is -1.01. The largest absolute Gasteiger partial charge is 0.484 e. The molecule has 0 fully saturated rings. The van der Waals surface area contributed by atoms with Crippen molar-refractivity contribution in [3.05, 3.63) is 64.1 Å². The first-order chi connectivity index (χ1) is 10.5. The highest BCUT2D eigenvalue weighted by molar-refractivity contribution is 9.10. The Morgan fingerprint density at radius 3 is 2.59 bits per heavy atom. The molecule has 0 N–H and O–H groups in total. The highest BCUT2D eigenvalue weighted by Gasteiger charge is 2.12. The number of ether oxygens (including phenoxy) is 1. The second-order valence-corrected chi connectivity index (χ2v) is 5.56. The van der Waals surface area contributed by atoms with Crippen LogP contribution in [-0.2, 0) is 11.3 Å². The summed E-state index contributed by atoms with van der Waals surface area (Å²) in [5.74, 6) is -2.11. The molecule has 0 bridgehead atoms. The Hall–Kier alpha value is -1.95. The molecule has 22 heavy (non-hydrogen) atoms. The van der Waals surface area contributed by atoms with Crippen LogP contribution in [0.4, 0.5) is 8.78 Å². The van der Waals surface area contributed by atoms with E-state index in [0.717, 1.165) is 22.2 Å². The molecule has 116 valence electrons. The summed E-state index contributed by atoms with van der Waals surface area (Å²) in [4.78, 5) is 13.5. The van der Waals surface area contributed by atoms with Gasteiger partial charge in [0.05, 0.1) is 0 Å². The Morgan fingerprint density at radius 2 is 1.91 bits per heavy atom. The van der Waals surface area contributed by atoms with Crippen molar-refractivity contribution in [1.82, 2.24) is 4.90 Å². The predicted molar refractivity (Wildman–Crippen MR) is 82.5 cm³/mol. The molecule has 0 unspecified atom stereocenters. The highest BCUT2D eigenvalue weighted by Crippen LogP contribution is 2.18. The molecule has 6 heteroatoms. The van der Waals surface area contributed by atoms with E-state index in [1.165, 1.54) is 11.0 Å². The maximum atomic E-state index is 13.0. The van der Waals surface area contributed by atoms with Gasteiger partial charge in [0.25, 0.3) is 5.91 Å². The zero-order valence-corrected chi connectivity index (χ0v) is 13.4. The number of amides is 1. The predicted octanol–water partition coefficient (Wildman–Crippen LogP) is 3.76. The number of benzene rings is 2. The van der Waals surface area contributed by atoms with Crippen LogP contribution in [0.2, 0.25) is 0 Å². The molecular formula is C16H14BrF2NO2. The van der Waals surface area contributed by atoms with Crippen LogP contribution in [0.1, 0.15) is 5.56 Å². The van der Waals surface area contributed by atoms with Gasteiger partial charge in [-0.1, -0.05) is 34.1 Å². The first-order valence-corrected chi connectivity index (χ1v) is 7.32. The average molecular weight is 370 g/mol. The molecule has 0 aliphatic heterocycles. The minimum Gasteiger partial charge on any atom is -0.484 e. The fourth-order valence-corrected chi connectivity index (χ4v) is 2.20. The Bertz CT molecular complexity index is 679. The summed E-state index contributed by atoms with van der Waals surface area (Å²) in [6.07, 6.45) is 0. The molecule has 3 nitrogen and oxygen atoms in total. The molecule has 0 spiro atoms. The molecule has 1 amide bonds. The van der Waals surface area contributed by atoms with Crippen molar-refractivity contribution in [3.63, 3.8) is 0 Å². The van der Waals surface area contributed by atoms with Gasteiger partial charge in [-0.15, -0.1) is 0 Å². The van der Waals surface area contributed by atoms with E-state index in [9.17, 15) is 13.6 Å². The summed E-state index contributed by atoms with van der Waals surface area (Å²) >= 11 is 3.42. The summed E-state index contributed by atoms with van der Waals surface area (Å²) in [6, 6.07) is 10.7. The van der Waals surface area contributed by atoms with Crippen LogP contribution in [0.5, 0.6) is 5.75 Å². The maximum absolute atomic E-state index is 13.0. The first kappa shape index (κ1) is 16.4. The zero-order valence-electron chi connectivity index (χ0n) is 11.9. The normalized spacial score (nSPS) is 10.4. The van der Waals surface area contributed by atoms with Crippen LogP contribution in [-0.4, -0.2) is 24.5 Å². The van der Waals surface area contributed by atoms with E-state index in [1.807, 2.05) is 24.3 Å². The summed E-state index contributed by atoms with van der Waals surface area (Å²) in [5, 5.41) is 0. The molecule has 0 aliphatic carbocycles. The third-order valence-electron chi connectivity index (χ3n) is 3.04. The zero-order chi connectivity index (χ0) is 16.1. The maximum Gasteiger partial charge on any atom is 0.260 e. The lowest BCUT2D eigenvalue weighted by molar-refractivity contribution is -0.132. The van der Waals surface area contributed by atoms with Gasteiger partial charge in [0.15, 0.2) is 18.2 Å². The molecule has 0 saturated heterocycles. The Balaban J connectivity index is 1.91. The van der Waals surface area contributed by atoms with Crippen LogP contribution in [0.15, 0.2) is 46.9 Å². The Labute approximate surface area is 135 Å². The van der Waals surface area contributed by atoms with Crippen LogP contribution in [0, 0.1) is 11.6 Å². The van der Waals surface area contributed by atoms with Gasteiger partial charge in [0.2, 0.25) is 0 Å². The van der Waals surface area contributed by atoms with E-state index in [2.05, 4.69) is 15.9 Å². The highest BCUT2D eigenvalue weighted by atomic mass is 79.9. The van der Waals surface area contributed by atoms with Crippen molar-refractivity contribution >= 4 is 21.8 Å². The number of carbonyl (C=O) groups excluding carboxylic acids is 1. The smallest absolute Gasteiger partial charge is 0.260 e. The first-order valence-electron chi connectivity index (χ1n) is 6.52. The lowest BCUT2D eigenvalue weighted by atomic mass is 10.2. The van der Waals surface area contributed by atoms with Crippen molar-refractivity contribution in [2.24, 2.45) is 0 Å². The molecule has 0 saturated carbocycles. The van der Waals surface area contributed by atoms with Gasteiger partial charge in [0, 0.05) is 24.1 Å². The lowest BCUT2D eigenvalue weighted by Crippen LogP contribution is -2.31. The number of carbonyl (C=O) groups is 1. The monoisotopic (exact) mass is 369 g/mol. The minimum absolute atomic E-state index is 0.113. The molecule has 0 radical (unpaired) electrons. The molecule has 2 aromatic carbocycles. The lowest BCUT2D eigenvalue weighted by Gasteiger charge is -2.18.